The zero-order valence-electron chi connectivity index (χ0n) is 13.4. The average Bonchev–Trinajstić information content (AvgIpc) is 2.55. The number of aldehydes is 1. The first kappa shape index (κ1) is 18.1. The minimum Gasteiger partial charge on any atom is -0.481 e. The van der Waals surface area contributed by atoms with Gasteiger partial charge in [0.1, 0.15) is 12.0 Å². The van der Waals surface area contributed by atoms with Gasteiger partial charge in [0.25, 0.3) is 0 Å². The van der Waals surface area contributed by atoms with Crippen molar-refractivity contribution >= 4 is 12.3 Å². The minimum atomic E-state index is -1.01. The van der Waals surface area contributed by atoms with Gasteiger partial charge in [-0.25, -0.2) is 0 Å². The number of hydrogen-bond donors (Lipinski definition) is 3. The zero-order chi connectivity index (χ0) is 16.3. The number of carboxylic acids is 1. The summed E-state index contributed by atoms with van der Waals surface area (Å²) in [6.07, 6.45) is 2.24. The summed E-state index contributed by atoms with van der Waals surface area (Å²) >= 11 is 0. The van der Waals surface area contributed by atoms with Crippen molar-refractivity contribution in [2.45, 2.75) is 58.7 Å². The summed E-state index contributed by atoms with van der Waals surface area (Å²) < 4.78 is 6.10. The molecule has 1 atom stereocenters. The van der Waals surface area contributed by atoms with Crippen LogP contribution < -0.4 is 11.1 Å². The van der Waals surface area contributed by atoms with Gasteiger partial charge in [0.15, 0.2) is 0 Å². The third-order valence-electron chi connectivity index (χ3n) is 4.67. The SMILES string of the molecule is CC1(C)CCC(C)(C)C1(N[C@H](C=O)CC(=O)O)OCCN. The van der Waals surface area contributed by atoms with Gasteiger partial charge in [-0.1, -0.05) is 27.7 Å². The molecule has 0 saturated heterocycles. The Kier molecular flexibility index (Phi) is 5.52. The van der Waals surface area contributed by atoms with Gasteiger partial charge in [-0.05, 0) is 12.8 Å². The molecule has 1 fully saturated rings. The molecule has 21 heavy (non-hydrogen) atoms. The van der Waals surface area contributed by atoms with Crippen LogP contribution in [0.3, 0.4) is 0 Å². The van der Waals surface area contributed by atoms with Crippen molar-refractivity contribution in [1.29, 1.82) is 0 Å². The number of aliphatic carboxylic acids is 1. The van der Waals surface area contributed by atoms with Crippen LogP contribution >= 0.6 is 0 Å². The van der Waals surface area contributed by atoms with Gasteiger partial charge in [0.05, 0.1) is 19.1 Å². The lowest BCUT2D eigenvalue weighted by molar-refractivity contribution is -0.186. The Hall–Kier alpha value is -0.980. The van der Waals surface area contributed by atoms with E-state index in [-0.39, 0.29) is 17.3 Å². The fraction of sp³-hybridized carbons (Fsp3) is 0.867. The smallest absolute Gasteiger partial charge is 0.305 e. The minimum absolute atomic E-state index is 0.231. The second-order valence-electron chi connectivity index (χ2n) is 7.07. The molecule has 1 rings (SSSR count). The Balaban J connectivity index is 3.13. The Morgan fingerprint density at radius 3 is 2.24 bits per heavy atom. The van der Waals surface area contributed by atoms with Crippen LogP contribution in [-0.4, -0.2) is 42.3 Å². The molecule has 0 unspecified atom stereocenters. The van der Waals surface area contributed by atoms with Crippen LogP contribution in [0.1, 0.15) is 47.0 Å². The highest BCUT2D eigenvalue weighted by Gasteiger charge is 2.61. The summed E-state index contributed by atoms with van der Waals surface area (Å²) in [5.41, 5.74) is 4.33. The molecule has 0 radical (unpaired) electrons. The van der Waals surface area contributed by atoms with Crippen LogP contribution in [0.4, 0.5) is 0 Å². The number of carbonyl (C=O) groups excluding carboxylic acids is 1. The van der Waals surface area contributed by atoms with E-state index in [1.54, 1.807) is 0 Å². The molecule has 0 amide bonds. The van der Waals surface area contributed by atoms with Gasteiger partial charge >= 0.3 is 5.97 Å². The zero-order valence-corrected chi connectivity index (χ0v) is 13.4. The Bertz CT molecular complexity index is 377. The molecular weight excluding hydrogens is 272 g/mol. The molecular formula is C15H28N2O4. The lowest BCUT2D eigenvalue weighted by Crippen LogP contribution is -2.65. The molecule has 0 aromatic carbocycles. The largest absolute Gasteiger partial charge is 0.481 e. The lowest BCUT2D eigenvalue weighted by Gasteiger charge is -2.50. The maximum absolute atomic E-state index is 11.3. The van der Waals surface area contributed by atoms with Crippen LogP contribution in [0.25, 0.3) is 0 Å². The number of rotatable bonds is 8. The van der Waals surface area contributed by atoms with E-state index in [0.29, 0.717) is 19.4 Å². The molecule has 0 spiro atoms. The fourth-order valence-electron chi connectivity index (χ4n) is 3.51. The van der Waals surface area contributed by atoms with E-state index < -0.39 is 17.7 Å². The van der Waals surface area contributed by atoms with Crippen LogP contribution in [0, 0.1) is 10.8 Å². The van der Waals surface area contributed by atoms with Gasteiger partial charge < -0.3 is 20.4 Å². The highest BCUT2D eigenvalue weighted by Crippen LogP contribution is 2.57. The van der Waals surface area contributed by atoms with E-state index >= 15 is 0 Å². The molecule has 122 valence electrons. The van der Waals surface area contributed by atoms with Gasteiger partial charge in [0, 0.05) is 17.4 Å². The van der Waals surface area contributed by atoms with Crippen LogP contribution in [-0.2, 0) is 14.3 Å². The molecule has 4 N–H and O–H groups in total. The normalized spacial score (nSPS) is 23.7. The number of carboxylic acid groups (broad SMARTS) is 1. The Morgan fingerprint density at radius 1 is 1.33 bits per heavy atom. The Morgan fingerprint density at radius 2 is 1.86 bits per heavy atom. The second kappa shape index (κ2) is 6.42. The fourth-order valence-corrected chi connectivity index (χ4v) is 3.51. The molecule has 1 saturated carbocycles. The van der Waals surface area contributed by atoms with Gasteiger partial charge in [-0.15, -0.1) is 0 Å². The standard InChI is InChI=1S/C15H28N2O4/c1-13(2)5-6-14(3,4)15(13,21-8-7-16)17-11(10-18)9-12(19)20/h10-11,17H,5-9,16H2,1-4H3,(H,19,20)/t11-/m0/s1. The first-order chi connectivity index (χ1) is 9.62. The van der Waals surface area contributed by atoms with E-state index in [0.717, 1.165) is 12.8 Å². The van der Waals surface area contributed by atoms with Crippen molar-refractivity contribution in [3.8, 4) is 0 Å². The highest BCUT2D eigenvalue weighted by atomic mass is 16.5. The first-order valence-electron chi connectivity index (χ1n) is 7.41. The molecule has 0 aliphatic heterocycles. The van der Waals surface area contributed by atoms with Crippen LogP contribution in [0.5, 0.6) is 0 Å². The summed E-state index contributed by atoms with van der Waals surface area (Å²) in [5, 5.41) is 12.1. The molecule has 0 bridgehead atoms. The maximum Gasteiger partial charge on any atom is 0.305 e. The van der Waals surface area contributed by atoms with E-state index in [9.17, 15) is 9.59 Å². The third-order valence-corrected chi connectivity index (χ3v) is 4.67. The van der Waals surface area contributed by atoms with Gasteiger partial charge in [0.2, 0.25) is 0 Å². The average molecular weight is 300 g/mol. The van der Waals surface area contributed by atoms with E-state index in [1.807, 2.05) is 0 Å². The molecule has 0 aromatic rings. The summed E-state index contributed by atoms with van der Waals surface area (Å²) in [5.74, 6) is -1.01. The first-order valence-corrected chi connectivity index (χ1v) is 7.41. The molecule has 0 aromatic heterocycles. The van der Waals surface area contributed by atoms with E-state index in [4.69, 9.17) is 15.6 Å². The molecule has 1 aliphatic carbocycles. The predicted octanol–water partition coefficient (Wildman–Crippen LogP) is 1.14. The summed E-state index contributed by atoms with van der Waals surface area (Å²) in [6, 6.07) is -0.781. The van der Waals surface area contributed by atoms with Crippen molar-refractivity contribution in [2.75, 3.05) is 13.2 Å². The highest BCUT2D eigenvalue weighted by molar-refractivity contribution is 5.73. The number of nitrogens with one attached hydrogen (secondary N) is 1. The van der Waals surface area contributed by atoms with Crippen molar-refractivity contribution in [2.24, 2.45) is 16.6 Å². The monoisotopic (exact) mass is 300 g/mol. The van der Waals surface area contributed by atoms with Crippen LogP contribution in [0.15, 0.2) is 0 Å². The Labute approximate surface area is 126 Å². The van der Waals surface area contributed by atoms with Gasteiger partial charge in [-0.2, -0.15) is 0 Å². The number of ether oxygens (including phenoxy) is 1. The van der Waals surface area contributed by atoms with Crippen molar-refractivity contribution < 1.29 is 19.4 Å². The second-order valence-corrected chi connectivity index (χ2v) is 7.07. The van der Waals surface area contributed by atoms with Crippen molar-refractivity contribution in [3.05, 3.63) is 0 Å². The molecule has 6 nitrogen and oxygen atoms in total. The van der Waals surface area contributed by atoms with Crippen molar-refractivity contribution in [1.82, 2.24) is 5.32 Å². The quantitative estimate of drug-likeness (QED) is 0.459. The van der Waals surface area contributed by atoms with E-state index in [2.05, 4.69) is 33.0 Å². The number of carbonyl (C=O) groups is 2. The summed E-state index contributed by atoms with van der Waals surface area (Å²) in [7, 11) is 0. The summed E-state index contributed by atoms with van der Waals surface area (Å²) in [4.78, 5) is 22.2. The number of hydrogen-bond acceptors (Lipinski definition) is 5. The third kappa shape index (κ3) is 3.44. The van der Waals surface area contributed by atoms with E-state index in [1.165, 1.54) is 0 Å². The predicted molar refractivity (Wildman–Crippen MR) is 79.8 cm³/mol. The van der Waals surface area contributed by atoms with Gasteiger partial charge in [-0.3, -0.25) is 10.1 Å². The maximum atomic E-state index is 11.3. The molecule has 1 aliphatic rings. The topological polar surface area (TPSA) is 102 Å². The molecule has 6 heteroatoms. The van der Waals surface area contributed by atoms with Crippen LogP contribution in [0.2, 0.25) is 0 Å². The summed E-state index contributed by atoms with van der Waals surface area (Å²) in [6.45, 7) is 9.04. The number of nitrogens with two attached hydrogens (primary N) is 1. The molecule has 0 heterocycles. The lowest BCUT2D eigenvalue weighted by atomic mass is 9.73. The van der Waals surface area contributed by atoms with Crippen molar-refractivity contribution in [3.63, 3.8) is 0 Å².